The first-order valence-corrected chi connectivity index (χ1v) is 5.26. The summed E-state index contributed by atoms with van der Waals surface area (Å²) >= 11 is 0. The Bertz CT molecular complexity index is 326. The molecular formula is C12H17FO3. The van der Waals surface area contributed by atoms with Gasteiger partial charge in [-0.15, -0.1) is 0 Å². The van der Waals surface area contributed by atoms with Gasteiger partial charge in [-0.25, -0.2) is 4.39 Å². The summed E-state index contributed by atoms with van der Waals surface area (Å²) in [5.41, 5.74) is 0.500. The summed E-state index contributed by atoms with van der Waals surface area (Å²) in [6.45, 7) is 4.50. The monoisotopic (exact) mass is 228 g/mol. The smallest absolute Gasteiger partial charge is 0.127 e. The molecule has 90 valence electrons. The molecule has 0 amide bonds. The molecule has 0 saturated heterocycles. The molecule has 0 aliphatic rings. The minimum Gasteiger partial charge on any atom is -0.491 e. The van der Waals surface area contributed by atoms with Crippen LogP contribution in [0.25, 0.3) is 0 Å². The fourth-order valence-electron chi connectivity index (χ4n) is 1.24. The molecule has 0 fully saturated rings. The van der Waals surface area contributed by atoms with Crippen molar-refractivity contribution in [3.05, 3.63) is 29.6 Å². The van der Waals surface area contributed by atoms with E-state index < -0.39 is 5.82 Å². The zero-order valence-electron chi connectivity index (χ0n) is 9.57. The van der Waals surface area contributed by atoms with E-state index in [4.69, 9.17) is 14.6 Å². The van der Waals surface area contributed by atoms with Crippen LogP contribution in [0.15, 0.2) is 18.2 Å². The topological polar surface area (TPSA) is 38.7 Å². The lowest BCUT2D eigenvalue weighted by Gasteiger charge is -2.10. The van der Waals surface area contributed by atoms with Gasteiger partial charge in [-0.05, 0) is 31.5 Å². The van der Waals surface area contributed by atoms with Crippen LogP contribution in [0.1, 0.15) is 19.4 Å². The van der Waals surface area contributed by atoms with Gasteiger partial charge in [0.05, 0.1) is 19.3 Å². The van der Waals surface area contributed by atoms with Gasteiger partial charge in [0.2, 0.25) is 0 Å². The van der Waals surface area contributed by atoms with Crippen molar-refractivity contribution in [2.24, 2.45) is 0 Å². The molecule has 1 rings (SSSR count). The van der Waals surface area contributed by atoms with Crippen molar-refractivity contribution in [1.29, 1.82) is 0 Å². The number of aliphatic hydroxyl groups is 1. The van der Waals surface area contributed by atoms with Crippen LogP contribution in [-0.4, -0.2) is 24.4 Å². The Hall–Kier alpha value is -1.13. The summed E-state index contributed by atoms with van der Waals surface area (Å²) in [4.78, 5) is 0. The third kappa shape index (κ3) is 4.59. The third-order valence-electron chi connectivity index (χ3n) is 1.92. The molecule has 0 aliphatic heterocycles. The second-order valence-electron chi connectivity index (χ2n) is 3.72. The highest BCUT2D eigenvalue weighted by Crippen LogP contribution is 2.16. The average Bonchev–Trinajstić information content (AvgIpc) is 2.23. The number of aliphatic hydroxyl groups excluding tert-OH is 1. The maximum Gasteiger partial charge on any atom is 0.127 e. The fourth-order valence-corrected chi connectivity index (χ4v) is 1.24. The molecule has 3 nitrogen and oxygen atoms in total. The molecule has 0 bridgehead atoms. The standard InChI is InChI=1S/C12H17FO3/c1-9(2)15-3-4-16-12-6-10(8-14)5-11(13)7-12/h5-7,9,14H,3-4,8H2,1-2H3. The molecule has 0 atom stereocenters. The number of halogens is 1. The summed E-state index contributed by atoms with van der Waals surface area (Å²) in [5, 5.41) is 8.88. The number of ether oxygens (including phenoxy) is 2. The zero-order chi connectivity index (χ0) is 12.0. The van der Waals surface area contributed by atoms with Crippen LogP contribution in [0, 0.1) is 5.82 Å². The SMILES string of the molecule is CC(C)OCCOc1cc(F)cc(CO)c1. The third-order valence-corrected chi connectivity index (χ3v) is 1.92. The van der Waals surface area contributed by atoms with E-state index in [-0.39, 0.29) is 12.7 Å². The quantitative estimate of drug-likeness (QED) is 0.758. The zero-order valence-corrected chi connectivity index (χ0v) is 9.57. The molecule has 4 heteroatoms. The first-order valence-electron chi connectivity index (χ1n) is 5.26. The Morgan fingerprint density at radius 1 is 1.25 bits per heavy atom. The van der Waals surface area contributed by atoms with Crippen LogP contribution in [0.5, 0.6) is 5.75 Å². The highest BCUT2D eigenvalue weighted by atomic mass is 19.1. The van der Waals surface area contributed by atoms with Gasteiger partial charge in [0.25, 0.3) is 0 Å². The summed E-state index contributed by atoms with van der Waals surface area (Å²) in [6, 6.07) is 4.17. The Morgan fingerprint density at radius 3 is 2.62 bits per heavy atom. The molecule has 1 aromatic carbocycles. The first-order chi connectivity index (χ1) is 7.61. The molecule has 0 unspecified atom stereocenters. The van der Waals surface area contributed by atoms with Gasteiger partial charge >= 0.3 is 0 Å². The molecule has 0 saturated carbocycles. The lowest BCUT2D eigenvalue weighted by atomic mass is 10.2. The van der Waals surface area contributed by atoms with E-state index in [1.807, 2.05) is 13.8 Å². The van der Waals surface area contributed by atoms with E-state index in [0.717, 1.165) is 0 Å². The predicted molar refractivity (Wildman–Crippen MR) is 58.9 cm³/mol. The summed E-state index contributed by atoms with van der Waals surface area (Å²) in [7, 11) is 0. The van der Waals surface area contributed by atoms with Crippen molar-refractivity contribution < 1.29 is 19.0 Å². The van der Waals surface area contributed by atoms with Gasteiger partial charge in [0, 0.05) is 6.07 Å². The molecule has 1 N–H and O–H groups in total. The molecule has 16 heavy (non-hydrogen) atoms. The molecule has 0 aromatic heterocycles. The van der Waals surface area contributed by atoms with E-state index >= 15 is 0 Å². The van der Waals surface area contributed by atoms with Gasteiger partial charge in [-0.3, -0.25) is 0 Å². The minimum atomic E-state index is -0.411. The Kier molecular flexibility index (Phi) is 5.22. The second kappa shape index (κ2) is 6.45. The van der Waals surface area contributed by atoms with Crippen LogP contribution in [0.3, 0.4) is 0 Å². The van der Waals surface area contributed by atoms with Crippen molar-refractivity contribution in [3.8, 4) is 5.75 Å². The van der Waals surface area contributed by atoms with E-state index in [2.05, 4.69) is 0 Å². The molecular weight excluding hydrogens is 211 g/mol. The first kappa shape index (κ1) is 12.9. The van der Waals surface area contributed by atoms with Gasteiger partial charge in [-0.1, -0.05) is 0 Å². The van der Waals surface area contributed by atoms with Crippen LogP contribution >= 0.6 is 0 Å². The lowest BCUT2D eigenvalue weighted by molar-refractivity contribution is 0.0551. The average molecular weight is 228 g/mol. The fraction of sp³-hybridized carbons (Fsp3) is 0.500. The van der Waals surface area contributed by atoms with Gasteiger partial charge in [0.1, 0.15) is 18.2 Å². The van der Waals surface area contributed by atoms with Crippen LogP contribution in [0.2, 0.25) is 0 Å². The lowest BCUT2D eigenvalue weighted by Crippen LogP contribution is -2.11. The Labute approximate surface area is 94.8 Å². The summed E-state index contributed by atoms with van der Waals surface area (Å²) in [5.74, 6) is 0.00253. The molecule has 0 aliphatic carbocycles. The molecule has 0 radical (unpaired) electrons. The predicted octanol–water partition coefficient (Wildman–Crippen LogP) is 2.12. The number of benzene rings is 1. The van der Waals surface area contributed by atoms with Crippen molar-refractivity contribution in [2.75, 3.05) is 13.2 Å². The van der Waals surface area contributed by atoms with E-state index in [0.29, 0.717) is 24.5 Å². The Balaban J connectivity index is 2.44. The normalized spacial score (nSPS) is 10.8. The van der Waals surface area contributed by atoms with Gasteiger partial charge < -0.3 is 14.6 Å². The van der Waals surface area contributed by atoms with Gasteiger partial charge in [0.15, 0.2) is 0 Å². The van der Waals surface area contributed by atoms with Crippen molar-refractivity contribution >= 4 is 0 Å². The molecule has 0 spiro atoms. The van der Waals surface area contributed by atoms with Crippen molar-refractivity contribution in [1.82, 2.24) is 0 Å². The largest absolute Gasteiger partial charge is 0.491 e. The van der Waals surface area contributed by atoms with E-state index in [1.54, 1.807) is 6.07 Å². The van der Waals surface area contributed by atoms with Crippen LogP contribution in [-0.2, 0) is 11.3 Å². The number of hydrogen-bond donors (Lipinski definition) is 1. The van der Waals surface area contributed by atoms with Crippen LogP contribution in [0.4, 0.5) is 4.39 Å². The van der Waals surface area contributed by atoms with Crippen LogP contribution < -0.4 is 4.74 Å². The minimum absolute atomic E-state index is 0.157. The maximum atomic E-state index is 13.0. The van der Waals surface area contributed by atoms with Crippen molar-refractivity contribution in [2.45, 2.75) is 26.6 Å². The highest BCUT2D eigenvalue weighted by molar-refractivity contribution is 5.29. The number of hydrogen-bond acceptors (Lipinski definition) is 3. The highest BCUT2D eigenvalue weighted by Gasteiger charge is 2.01. The second-order valence-corrected chi connectivity index (χ2v) is 3.72. The van der Waals surface area contributed by atoms with E-state index in [9.17, 15) is 4.39 Å². The molecule has 0 heterocycles. The summed E-state index contributed by atoms with van der Waals surface area (Å²) < 4.78 is 23.6. The van der Waals surface area contributed by atoms with Crippen molar-refractivity contribution in [3.63, 3.8) is 0 Å². The van der Waals surface area contributed by atoms with Gasteiger partial charge in [-0.2, -0.15) is 0 Å². The van der Waals surface area contributed by atoms with E-state index in [1.165, 1.54) is 12.1 Å². The molecule has 1 aromatic rings. The summed E-state index contributed by atoms with van der Waals surface area (Å²) in [6.07, 6.45) is 0.157. The Morgan fingerprint density at radius 2 is 2.00 bits per heavy atom. The maximum absolute atomic E-state index is 13.0. The number of rotatable bonds is 6.